The summed E-state index contributed by atoms with van der Waals surface area (Å²) in [4.78, 5) is 11.5. The topological polar surface area (TPSA) is 44.1 Å². The summed E-state index contributed by atoms with van der Waals surface area (Å²) < 4.78 is 6.82. The van der Waals surface area contributed by atoms with Gasteiger partial charge in [-0.3, -0.25) is 9.48 Å². The molecular weight excluding hydrogens is 228 g/mol. The summed E-state index contributed by atoms with van der Waals surface area (Å²) in [5.41, 5.74) is 3.39. The first-order valence-corrected chi connectivity index (χ1v) is 6.61. The second-order valence-corrected chi connectivity index (χ2v) is 4.85. The third kappa shape index (κ3) is 3.34. The molecule has 0 aliphatic carbocycles. The predicted molar refractivity (Wildman–Crippen MR) is 71.5 cm³/mol. The quantitative estimate of drug-likeness (QED) is 0.731. The third-order valence-electron chi connectivity index (χ3n) is 3.37. The van der Waals surface area contributed by atoms with Gasteiger partial charge in [0.25, 0.3) is 0 Å². The van der Waals surface area contributed by atoms with Crippen LogP contribution in [-0.4, -0.2) is 22.9 Å². The van der Waals surface area contributed by atoms with Crippen LogP contribution in [-0.2, 0) is 22.5 Å². The zero-order valence-electron chi connectivity index (χ0n) is 12.1. The van der Waals surface area contributed by atoms with Gasteiger partial charge in [-0.1, -0.05) is 20.3 Å². The highest BCUT2D eigenvalue weighted by Crippen LogP contribution is 2.18. The number of carbonyl (C=O) groups excluding carboxylic acids is 1. The van der Waals surface area contributed by atoms with Crippen molar-refractivity contribution in [3.05, 3.63) is 17.0 Å². The summed E-state index contributed by atoms with van der Waals surface area (Å²) in [6, 6.07) is 0. The summed E-state index contributed by atoms with van der Waals surface area (Å²) in [5.74, 6) is -0.272. The van der Waals surface area contributed by atoms with Gasteiger partial charge in [-0.2, -0.15) is 5.10 Å². The first kappa shape index (κ1) is 14.7. The van der Waals surface area contributed by atoms with Crippen LogP contribution in [0.25, 0.3) is 0 Å². The van der Waals surface area contributed by atoms with E-state index in [1.54, 1.807) is 0 Å². The highest BCUT2D eigenvalue weighted by atomic mass is 16.5. The molecule has 0 spiro atoms. The van der Waals surface area contributed by atoms with E-state index in [0.717, 1.165) is 25.1 Å². The summed E-state index contributed by atoms with van der Waals surface area (Å²) in [5, 5.41) is 4.55. The van der Waals surface area contributed by atoms with Gasteiger partial charge < -0.3 is 4.74 Å². The molecule has 0 fully saturated rings. The van der Waals surface area contributed by atoms with E-state index >= 15 is 0 Å². The number of unbranched alkanes of at least 4 members (excludes halogenated alkanes) is 1. The minimum absolute atomic E-state index is 0.115. The van der Waals surface area contributed by atoms with E-state index in [1.165, 1.54) is 18.4 Å². The van der Waals surface area contributed by atoms with E-state index in [-0.39, 0.29) is 11.9 Å². The smallest absolute Gasteiger partial charge is 0.308 e. The maximum Gasteiger partial charge on any atom is 0.308 e. The average Bonchev–Trinajstić information content (AvgIpc) is 2.62. The molecule has 0 aliphatic heterocycles. The molecule has 18 heavy (non-hydrogen) atoms. The number of carbonyl (C=O) groups is 1. The summed E-state index contributed by atoms with van der Waals surface area (Å²) >= 11 is 0. The molecule has 0 saturated carbocycles. The number of aryl methyl sites for hydroxylation is 2. The molecule has 1 aromatic rings. The number of ether oxygens (including phenoxy) is 1. The fraction of sp³-hybridized carbons (Fsp3) is 0.714. The van der Waals surface area contributed by atoms with Crippen LogP contribution in [0.3, 0.4) is 0 Å². The van der Waals surface area contributed by atoms with Crippen molar-refractivity contribution >= 4 is 5.97 Å². The van der Waals surface area contributed by atoms with Gasteiger partial charge in [0.05, 0.1) is 18.7 Å². The summed E-state index contributed by atoms with van der Waals surface area (Å²) in [7, 11) is 1.43. The second-order valence-electron chi connectivity index (χ2n) is 4.85. The van der Waals surface area contributed by atoms with Crippen LogP contribution < -0.4 is 0 Å². The van der Waals surface area contributed by atoms with Crippen molar-refractivity contribution in [3.63, 3.8) is 0 Å². The van der Waals surface area contributed by atoms with Gasteiger partial charge in [0.1, 0.15) is 0 Å². The van der Waals surface area contributed by atoms with Crippen LogP contribution in [0.15, 0.2) is 0 Å². The van der Waals surface area contributed by atoms with Crippen molar-refractivity contribution in [2.45, 2.75) is 53.5 Å². The van der Waals surface area contributed by atoms with Crippen LogP contribution in [0, 0.1) is 19.8 Å². The van der Waals surface area contributed by atoms with Gasteiger partial charge in [0, 0.05) is 12.2 Å². The lowest BCUT2D eigenvalue weighted by Crippen LogP contribution is -2.16. The molecule has 0 aliphatic rings. The molecule has 0 radical (unpaired) electrons. The lowest BCUT2D eigenvalue weighted by molar-refractivity contribution is -0.144. The molecule has 0 bridgehead atoms. The Morgan fingerprint density at radius 3 is 2.67 bits per heavy atom. The molecule has 102 valence electrons. The van der Waals surface area contributed by atoms with Crippen molar-refractivity contribution in [3.8, 4) is 0 Å². The van der Waals surface area contributed by atoms with Gasteiger partial charge >= 0.3 is 5.97 Å². The van der Waals surface area contributed by atoms with Gasteiger partial charge in [-0.15, -0.1) is 0 Å². The Bertz CT molecular complexity index is 410. The van der Waals surface area contributed by atoms with Gasteiger partial charge in [-0.25, -0.2) is 0 Å². The summed E-state index contributed by atoms with van der Waals surface area (Å²) in [6.45, 7) is 9.11. The molecule has 1 atom stereocenters. The maximum atomic E-state index is 11.5. The highest BCUT2D eigenvalue weighted by Gasteiger charge is 2.19. The number of rotatable bonds is 6. The highest BCUT2D eigenvalue weighted by molar-refractivity contribution is 5.72. The second kappa shape index (κ2) is 6.57. The Hall–Kier alpha value is -1.32. The predicted octanol–water partition coefficient (Wildman–Crippen LogP) is 2.65. The van der Waals surface area contributed by atoms with Gasteiger partial charge in [0.15, 0.2) is 0 Å². The lowest BCUT2D eigenvalue weighted by atomic mass is 10.00. The molecule has 0 aromatic carbocycles. The lowest BCUT2D eigenvalue weighted by Gasteiger charge is -2.09. The molecule has 1 unspecified atom stereocenters. The minimum atomic E-state index is -0.157. The molecule has 0 N–H and O–H groups in total. The number of hydrogen-bond acceptors (Lipinski definition) is 3. The van der Waals surface area contributed by atoms with Crippen molar-refractivity contribution in [1.29, 1.82) is 0 Å². The van der Waals surface area contributed by atoms with Crippen molar-refractivity contribution in [1.82, 2.24) is 9.78 Å². The molecule has 4 nitrogen and oxygen atoms in total. The molecular formula is C14H24N2O2. The van der Waals surface area contributed by atoms with E-state index < -0.39 is 0 Å². The number of aromatic nitrogens is 2. The van der Waals surface area contributed by atoms with Crippen LogP contribution in [0.5, 0.6) is 0 Å². The SMILES string of the molecule is CCCCn1nc(C)c(CC(C)C(=O)OC)c1C. The van der Waals surface area contributed by atoms with Crippen molar-refractivity contribution in [2.24, 2.45) is 5.92 Å². The fourth-order valence-electron chi connectivity index (χ4n) is 2.15. The Morgan fingerprint density at radius 2 is 2.11 bits per heavy atom. The molecule has 0 saturated heterocycles. The molecule has 4 heteroatoms. The van der Waals surface area contributed by atoms with Crippen LogP contribution >= 0.6 is 0 Å². The first-order chi connectivity index (χ1) is 8.51. The monoisotopic (exact) mass is 252 g/mol. The normalized spacial score (nSPS) is 12.5. The number of methoxy groups -OCH3 is 1. The largest absolute Gasteiger partial charge is 0.469 e. The molecule has 1 aromatic heterocycles. The van der Waals surface area contributed by atoms with E-state index in [0.29, 0.717) is 6.42 Å². The number of esters is 1. The van der Waals surface area contributed by atoms with E-state index in [1.807, 2.05) is 13.8 Å². The Labute approximate surface area is 109 Å². The van der Waals surface area contributed by atoms with E-state index in [4.69, 9.17) is 4.74 Å². The van der Waals surface area contributed by atoms with Crippen LogP contribution in [0.4, 0.5) is 0 Å². The Morgan fingerprint density at radius 1 is 1.44 bits per heavy atom. The van der Waals surface area contributed by atoms with Crippen molar-refractivity contribution in [2.75, 3.05) is 7.11 Å². The zero-order chi connectivity index (χ0) is 13.7. The standard InChI is InChI=1S/C14H24N2O2/c1-6-7-8-16-12(4)13(11(3)15-16)9-10(2)14(17)18-5/h10H,6-9H2,1-5H3. The maximum absolute atomic E-state index is 11.5. The van der Waals surface area contributed by atoms with E-state index in [2.05, 4.69) is 23.6 Å². The third-order valence-corrected chi connectivity index (χ3v) is 3.37. The molecule has 0 amide bonds. The number of nitrogens with zero attached hydrogens (tertiary/aromatic N) is 2. The minimum Gasteiger partial charge on any atom is -0.469 e. The molecule has 1 heterocycles. The van der Waals surface area contributed by atoms with Crippen LogP contribution in [0.2, 0.25) is 0 Å². The number of hydrogen-bond donors (Lipinski definition) is 0. The molecule has 1 rings (SSSR count). The zero-order valence-corrected chi connectivity index (χ0v) is 12.1. The average molecular weight is 252 g/mol. The first-order valence-electron chi connectivity index (χ1n) is 6.61. The van der Waals surface area contributed by atoms with Gasteiger partial charge in [-0.05, 0) is 32.3 Å². The fourth-order valence-corrected chi connectivity index (χ4v) is 2.15. The Kier molecular flexibility index (Phi) is 5.38. The van der Waals surface area contributed by atoms with E-state index in [9.17, 15) is 4.79 Å². The Balaban J connectivity index is 2.82. The summed E-state index contributed by atoms with van der Waals surface area (Å²) in [6.07, 6.45) is 3.00. The van der Waals surface area contributed by atoms with Crippen molar-refractivity contribution < 1.29 is 9.53 Å². The van der Waals surface area contributed by atoms with Gasteiger partial charge in [0.2, 0.25) is 0 Å². The van der Waals surface area contributed by atoms with Crippen LogP contribution in [0.1, 0.15) is 43.6 Å².